The minimum Gasteiger partial charge on any atom is -0.870 e. The van der Waals surface area contributed by atoms with Crippen LogP contribution >= 0.6 is 34.8 Å². The molecule has 6 heterocycles. The summed E-state index contributed by atoms with van der Waals surface area (Å²) in [6, 6.07) is 19.0. The number of aromatic amines is 1. The molecule has 8 aromatic rings. The maximum Gasteiger partial charge on any atom is 1.00 e. The summed E-state index contributed by atoms with van der Waals surface area (Å²) in [6.45, 7) is 0.214. The Morgan fingerprint density at radius 1 is 0.625 bits per heavy atom. The van der Waals surface area contributed by atoms with Gasteiger partial charge in [-0.15, -0.1) is 0 Å². The molecule has 2 N–H and O–H groups in total. The van der Waals surface area contributed by atoms with Gasteiger partial charge in [0.05, 0.1) is 24.5 Å². The van der Waals surface area contributed by atoms with Crippen LogP contribution in [0.4, 0.5) is 17.6 Å². The molecule has 0 radical (unpaired) electrons. The molecule has 14 nitrogen and oxygen atoms in total. The predicted octanol–water partition coefficient (Wildman–Crippen LogP) is 4.72. The van der Waals surface area contributed by atoms with E-state index in [9.17, 15) is 22.4 Å². The standard InChI is InChI=1S/C17H9Cl2F2N5O.C17H10ClF2N5O2.Na.H2O/c18-15-14(21)16(19)23-17(22-15)12-7-13(11-5-6-27-25-11)26(24-12)8-9-3-1-2-4-10(9)20;18-15-14(20)17(26)22-16(21-15)12-7-13(11-5-6-27-24-11)25(23-12)8-9-3-1-2-4-10(9)19;;/h1-7H,8H2;1-7H,8H2,(H,21,22,26);;1H2/q;;+1;/p-1. The first-order valence-corrected chi connectivity index (χ1v) is 16.5. The van der Waals surface area contributed by atoms with Crippen molar-refractivity contribution >= 4 is 34.8 Å². The zero-order valence-corrected chi connectivity index (χ0v) is 32.6. The van der Waals surface area contributed by atoms with Gasteiger partial charge in [-0.3, -0.25) is 14.2 Å². The number of nitrogens with zero attached hydrogens (tertiary/aromatic N) is 9. The second kappa shape index (κ2) is 18.2. The Morgan fingerprint density at radius 2 is 1.09 bits per heavy atom. The van der Waals surface area contributed by atoms with Crippen LogP contribution in [0.25, 0.3) is 45.8 Å². The normalized spacial score (nSPS) is 10.7. The van der Waals surface area contributed by atoms with Crippen LogP contribution in [0.1, 0.15) is 11.1 Å². The van der Waals surface area contributed by atoms with Crippen LogP contribution in [-0.4, -0.2) is 55.3 Å². The third-order valence-corrected chi connectivity index (χ3v) is 8.33. The Kier molecular flexibility index (Phi) is 13.6. The molecule has 22 heteroatoms. The first kappa shape index (κ1) is 41.9. The molecular weight excluding hydrogens is 818 g/mol. The molecule has 280 valence electrons. The van der Waals surface area contributed by atoms with Gasteiger partial charge in [-0.1, -0.05) is 81.5 Å². The summed E-state index contributed by atoms with van der Waals surface area (Å²) in [6.07, 6.45) is 2.78. The molecule has 6 aromatic heterocycles. The molecule has 0 saturated heterocycles. The minimum atomic E-state index is -1.18. The second-order valence-corrected chi connectivity index (χ2v) is 12.1. The average Bonchev–Trinajstić information content (AvgIpc) is 3.99. The van der Waals surface area contributed by atoms with Crippen LogP contribution in [0.5, 0.6) is 0 Å². The van der Waals surface area contributed by atoms with Crippen LogP contribution < -0.4 is 35.1 Å². The molecule has 0 saturated carbocycles. The molecule has 8 rings (SSSR count). The molecule has 0 spiro atoms. The Bertz CT molecular complexity index is 2640. The van der Waals surface area contributed by atoms with E-state index in [1.807, 2.05) is 0 Å². The summed E-state index contributed by atoms with van der Waals surface area (Å²) in [5.74, 6) is -2.85. The van der Waals surface area contributed by atoms with E-state index in [-0.39, 0.29) is 77.0 Å². The summed E-state index contributed by atoms with van der Waals surface area (Å²) in [4.78, 5) is 25.4. The van der Waals surface area contributed by atoms with E-state index >= 15 is 0 Å². The zero-order chi connectivity index (χ0) is 37.9. The molecule has 56 heavy (non-hydrogen) atoms. The number of halogens is 7. The first-order valence-electron chi connectivity index (χ1n) is 15.3. The smallest absolute Gasteiger partial charge is 0.870 e. The van der Waals surface area contributed by atoms with Crippen LogP contribution in [0.15, 0.2) is 99.2 Å². The van der Waals surface area contributed by atoms with Crippen molar-refractivity contribution in [2.75, 3.05) is 0 Å². The van der Waals surface area contributed by atoms with Gasteiger partial charge in [-0.05, 0) is 24.3 Å². The van der Waals surface area contributed by atoms with Crippen LogP contribution in [0, 0.1) is 23.3 Å². The van der Waals surface area contributed by atoms with E-state index in [4.69, 9.17) is 43.8 Å². The molecule has 0 atom stereocenters. The SMILES string of the molecule is Fc1ccccc1Cn1nc(-c2nc(Cl)c(F)c(Cl)n2)cc1-c1ccon1.O=c1[nH]c(-c2cc(-c3ccon3)n(Cc3ccccc3F)n2)nc(Cl)c1F.[Na+].[OH-]. The van der Waals surface area contributed by atoms with Crippen LogP contribution in [0.3, 0.4) is 0 Å². The molecule has 0 fully saturated rings. The largest absolute Gasteiger partial charge is 1.00 e. The second-order valence-electron chi connectivity index (χ2n) is 11.1. The molecule has 0 amide bonds. The number of benzene rings is 2. The fourth-order valence-electron chi connectivity index (χ4n) is 5.04. The molecule has 0 bridgehead atoms. The third-order valence-electron chi connectivity index (χ3n) is 7.58. The quantitative estimate of drug-likeness (QED) is 0.127. The van der Waals surface area contributed by atoms with Crippen molar-refractivity contribution in [1.82, 2.24) is 49.8 Å². The maximum absolute atomic E-state index is 14.1. The molecular formula is C34H20Cl3F4N10NaO4. The van der Waals surface area contributed by atoms with Crippen molar-refractivity contribution in [3.05, 3.63) is 146 Å². The number of hydrogen-bond acceptors (Lipinski definition) is 11. The van der Waals surface area contributed by atoms with Crippen LogP contribution in [-0.2, 0) is 13.1 Å². The van der Waals surface area contributed by atoms with Crippen molar-refractivity contribution in [2.24, 2.45) is 0 Å². The summed E-state index contributed by atoms with van der Waals surface area (Å²) >= 11 is 17.1. The topological polar surface area (TPSA) is 189 Å². The van der Waals surface area contributed by atoms with Crippen molar-refractivity contribution in [2.45, 2.75) is 13.1 Å². The fourth-order valence-corrected chi connectivity index (χ4v) is 5.60. The number of aromatic nitrogens is 10. The van der Waals surface area contributed by atoms with Crippen LogP contribution in [0.2, 0.25) is 15.5 Å². The van der Waals surface area contributed by atoms with Gasteiger partial charge in [-0.2, -0.15) is 14.6 Å². The van der Waals surface area contributed by atoms with E-state index in [2.05, 4.69) is 40.4 Å². The monoisotopic (exact) mass is 836 g/mol. The minimum absolute atomic E-state index is 0. The van der Waals surface area contributed by atoms with Crippen molar-refractivity contribution in [1.29, 1.82) is 0 Å². The molecule has 0 aliphatic rings. The first-order chi connectivity index (χ1) is 26.0. The molecule has 0 aliphatic heterocycles. The maximum atomic E-state index is 14.1. The van der Waals surface area contributed by atoms with Gasteiger partial charge in [0.25, 0.3) is 5.56 Å². The Balaban J connectivity index is 0.000000207. The summed E-state index contributed by atoms with van der Waals surface area (Å²) in [5, 5.41) is 15.1. The Morgan fingerprint density at radius 3 is 1.55 bits per heavy atom. The fraction of sp³-hybridized carbons (Fsp3) is 0.0588. The molecule has 0 aliphatic carbocycles. The van der Waals surface area contributed by atoms with E-state index < -0.39 is 38.5 Å². The number of rotatable bonds is 8. The van der Waals surface area contributed by atoms with Gasteiger partial charge in [-0.25, -0.2) is 28.1 Å². The average molecular weight is 838 g/mol. The van der Waals surface area contributed by atoms with Gasteiger partial charge in [0.15, 0.2) is 32.9 Å². The summed E-state index contributed by atoms with van der Waals surface area (Å²) < 4.78 is 67.8. The summed E-state index contributed by atoms with van der Waals surface area (Å²) in [7, 11) is 0. The van der Waals surface area contributed by atoms with Gasteiger partial charge >= 0.3 is 29.6 Å². The van der Waals surface area contributed by atoms with E-state index in [1.54, 1.807) is 60.7 Å². The number of nitrogens with one attached hydrogen (secondary N) is 1. The van der Waals surface area contributed by atoms with Gasteiger partial charge in [0.1, 0.15) is 46.9 Å². The summed E-state index contributed by atoms with van der Waals surface area (Å²) in [5.41, 5.74) is 2.23. The van der Waals surface area contributed by atoms with E-state index in [1.165, 1.54) is 34.0 Å². The molecule has 0 unspecified atom stereocenters. The van der Waals surface area contributed by atoms with Gasteiger partial charge < -0.3 is 19.5 Å². The Hall–Kier alpha value is -5.21. The third kappa shape index (κ3) is 9.08. The number of hydrogen-bond donors (Lipinski definition) is 1. The predicted molar refractivity (Wildman–Crippen MR) is 188 cm³/mol. The van der Waals surface area contributed by atoms with E-state index in [0.29, 0.717) is 33.9 Å². The van der Waals surface area contributed by atoms with Crippen molar-refractivity contribution in [3.63, 3.8) is 0 Å². The number of H-pyrrole nitrogens is 1. The van der Waals surface area contributed by atoms with Gasteiger partial charge in [0.2, 0.25) is 5.82 Å². The van der Waals surface area contributed by atoms with E-state index in [0.717, 1.165) is 0 Å². The van der Waals surface area contributed by atoms with Crippen molar-refractivity contribution in [3.8, 4) is 45.8 Å². The molecule has 2 aromatic carbocycles. The zero-order valence-electron chi connectivity index (χ0n) is 28.3. The Labute approximate surface area is 348 Å². The van der Waals surface area contributed by atoms with Crippen molar-refractivity contribution < 1.29 is 61.6 Å². The van der Waals surface area contributed by atoms with Gasteiger partial charge in [0, 0.05) is 23.3 Å².